The number of aryl methyl sites for hydroxylation is 1. The van der Waals surface area contributed by atoms with Crippen LogP contribution in [0.15, 0.2) is 120 Å². The molecule has 3 aromatic heterocycles. The summed E-state index contributed by atoms with van der Waals surface area (Å²) in [4.78, 5) is 15.7. The van der Waals surface area contributed by atoms with Crippen molar-refractivity contribution in [3.05, 3.63) is 138 Å². The van der Waals surface area contributed by atoms with Crippen LogP contribution in [0.25, 0.3) is 78.7 Å². The van der Waals surface area contributed by atoms with Crippen LogP contribution in [0.1, 0.15) is 61.0 Å². The zero-order chi connectivity index (χ0) is 32.8. The van der Waals surface area contributed by atoms with Gasteiger partial charge in [0.15, 0.2) is 11.6 Å². The SMILES string of the molecule is C1=Cc2oc3c(-c4nc(-c5ccccc5)nc(-n5c6ccccc6c6cc7c(cc65)C5(CCCCC5)c5ccccc5-7)n4)cccc3c2CC1. The quantitative estimate of drug-likeness (QED) is 0.192. The lowest BCUT2D eigenvalue weighted by atomic mass is 9.68. The van der Waals surface area contributed by atoms with Gasteiger partial charge in [0.25, 0.3) is 0 Å². The van der Waals surface area contributed by atoms with Crippen LogP contribution in [0, 0.1) is 0 Å². The summed E-state index contributed by atoms with van der Waals surface area (Å²) in [7, 11) is 0. The molecule has 240 valence electrons. The van der Waals surface area contributed by atoms with Crippen molar-refractivity contribution in [2.45, 2.75) is 50.4 Å². The Labute approximate surface area is 290 Å². The van der Waals surface area contributed by atoms with E-state index in [2.05, 4.69) is 108 Å². The van der Waals surface area contributed by atoms with Crippen molar-refractivity contribution < 1.29 is 4.42 Å². The van der Waals surface area contributed by atoms with E-state index in [1.54, 1.807) is 0 Å². The van der Waals surface area contributed by atoms with Crippen LogP contribution in [-0.4, -0.2) is 19.5 Å². The van der Waals surface area contributed by atoms with Crippen molar-refractivity contribution in [2.75, 3.05) is 0 Å². The van der Waals surface area contributed by atoms with Gasteiger partial charge < -0.3 is 4.42 Å². The highest BCUT2D eigenvalue weighted by Gasteiger charge is 2.44. The molecule has 5 nitrogen and oxygen atoms in total. The Morgan fingerprint density at radius 2 is 1.38 bits per heavy atom. The van der Waals surface area contributed by atoms with Gasteiger partial charge in [-0.25, -0.2) is 4.98 Å². The maximum Gasteiger partial charge on any atom is 0.238 e. The molecule has 3 aliphatic carbocycles. The van der Waals surface area contributed by atoms with E-state index in [0.29, 0.717) is 17.6 Å². The standard InChI is InChI=1S/C45H34N4O/c1-3-14-28(15-4-1)42-46-43(33-20-13-19-32-31-18-7-10-23-40(31)50-41(32)33)48-44(47-42)49-38-22-9-6-17-30(38)35-26-34-29-16-5-8-21-36(29)45(24-11-2-12-25-45)37(34)27-39(35)49/h1,3-6,8-10,13-17,19-23,26-27H,2,7,11-12,18,24-25H2. The minimum Gasteiger partial charge on any atom is -0.456 e. The normalized spacial score (nSPS) is 15.9. The average molecular weight is 647 g/mol. The van der Waals surface area contributed by atoms with Gasteiger partial charge in [-0.15, -0.1) is 0 Å². The third-order valence-corrected chi connectivity index (χ3v) is 11.5. The first-order valence-electron chi connectivity index (χ1n) is 18.0. The topological polar surface area (TPSA) is 56.7 Å². The summed E-state index contributed by atoms with van der Waals surface area (Å²) in [5.74, 6) is 2.80. The van der Waals surface area contributed by atoms with Crippen LogP contribution >= 0.6 is 0 Å². The first kappa shape index (κ1) is 28.1. The lowest BCUT2D eigenvalue weighted by Gasteiger charge is -2.36. The molecule has 0 saturated heterocycles. The maximum absolute atomic E-state index is 6.54. The largest absolute Gasteiger partial charge is 0.456 e. The van der Waals surface area contributed by atoms with E-state index in [1.807, 2.05) is 18.2 Å². The van der Waals surface area contributed by atoms with Gasteiger partial charge in [-0.2, -0.15) is 9.97 Å². The number of benzene rings is 5. The van der Waals surface area contributed by atoms with Crippen molar-refractivity contribution in [1.82, 2.24) is 19.5 Å². The van der Waals surface area contributed by atoms with Crippen LogP contribution in [-0.2, 0) is 11.8 Å². The molecule has 8 aromatic rings. The van der Waals surface area contributed by atoms with E-state index in [-0.39, 0.29) is 5.41 Å². The molecule has 0 bridgehead atoms. The van der Waals surface area contributed by atoms with Gasteiger partial charge in [0.1, 0.15) is 11.3 Å². The summed E-state index contributed by atoms with van der Waals surface area (Å²) in [6, 6.07) is 39.3. The van der Waals surface area contributed by atoms with Crippen molar-refractivity contribution in [1.29, 1.82) is 0 Å². The van der Waals surface area contributed by atoms with Crippen molar-refractivity contribution >= 4 is 38.9 Å². The second-order valence-electron chi connectivity index (χ2n) is 14.2. The highest BCUT2D eigenvalue weighted by molar-refractivity contribution is 6.11. The van der Waals surface area contributed by atoms with E-state index >= 15 is 0 Å². The predicted octanol–water partition coefficient (Wildman–Crippen LogP) is 11.2. The zero-order valence-electron chi connectivity index (χ0n) is 27.7. The van der Waals surface area contributed by atoms with Crippen molar-refractivity contribution in [3.63, 3.8) is 0 Å². The van der Waals surface area contributed by atoms with E-state index in [9.17, 15) is 0 Å². The maximum atomic E-state index is 6.54. The first-order chi connectivity index (χ1) is 24.8. The molecular formula is C45H34N4O. The highest BCUT2D eigenvalue weighted by atomic mass is 16.3. The molecule has 11 rings (SSSR count). The second kappa shape index (κ2) is 10.6. The van der Waals surface area contributed by atoms with E-state index < -0.39 is 0 Å². The third-order valence-electron chi connectivity index (χ3n) is 11.5. The molecule has 0 amide bonds. The van der Waals surface area contributed by atoms with Crippen LogP contribution in [0.4, 0.5) is 0 Å². The number of allylic oxidation sites excluding steroid dienone is 1. The number of aromatic nitrogens is 4. The molecule has 3 aliphatic rings. The minimum atomic E-state index is 0.0433. The van der Waals surface area contributed by atoms with E-state index in [1.165, 1.54) is 70.7 Å². The number of hydrogen-bond acceptors (Lipinski definition) is 4. The molecule has 0 radical (unpaired) electrons. The first-order valence-corrected chi connectivity index (χ1v) is 18.0. The summed E-state index contributed by atoms with van der Waals surface area (Å²) in [5.41, 5.74) is 11.9. The second-order valence-corrected chi connectivity index (χ2v) is 14.2. The van der Waals surface area contributed by atoms with Gasteiger partial charge in [-0.05, 0) is 78.3 Å². The fourth-order valence-corrected chi connectivity index (χ4v) is 9.30. The Morgan fingerprint density at radius 1 is 0.600 bits per heavy atom. The van der Waals surface area contributed by atoms with Gasteiger partial charge in [0.2, 0.25) is 5.95 Å². The molecule has 0 atom stereocenters. The average Bonchev–Trinajstić information content (AvgIpc) is 3.81. The minimum absolute atomic E-state index is 0.0433. The number of hydrogen-bond donors (Lipinski definition) is 0. The monoisotopic (exact) mass is 646 g/mol. The summed E-state index contributed by atoms with van der Waals surface area (Å²) in [6.45, 7) is 0. The van der Waals surface area contributed by atoms with Crippen molar-refractivity contribution in [2.24, 2.45) is 0 Å². The lowest BCUT2D eigenvalue weighted by molar-refractivity contribution is 0.353. The van der Waals surface area contributed by atoms with Crippen LogP contribution in [0.3, 0.4) is 0 Å². The molecule has 1 spiro atoms. The molecule has 5 aromatic carbocycles. The van der Waals surface area contributed by atoms with Crippen LogP contribution in [0.5, 0.6) is 0 Å². The lowest BCUT2D eigenvalue weighted by Crippen LogP contribution is -2.28. The van der Waals surface area contributed by atoms with Gasteiger partial charge in [-0.3, -0.25) is 4.57 Å². The highest BCUT2D eigenvalue weighted by Crippen LogP contribution is 2.57. The van der Waals surface area contributed by atoms with Gasteiger partial charge in [-0.1, -0.05) is 110 Å². The fraction of sp³-hybridized carbons (Fsp3) is 0.178. The van der Waals surface area contributed by atoms with Gasteiger partial charge in [0.05, 0.1) is 16.6 Å². The Morgan fingerprint density at radius 3 is 2.30 bits per heavy atom. The molecule has 1 saturated carbocycles. The van der Waals surface area contributed by atoms with E-state index in [0.717, 1.165) is 51.7 Å². The molecule has 3 heterocycles. The summed E-state index contributed by atoms with van der Waals surface area (Å²) < 4.78 is 8.82. The Kier molecular flexibility index (Phi) is 5.95. The van der Waals surface area contributed by atoms with Crippen LogP contribution < -0.4 is 0 Å². The fourth-order valence-electron chi connectivity index (χ4n) is 9.30. The smallest absolute Gasteiger partial charge is 0.238 e. The molecule has 0 N–H and O–H groups in total. The number of fused-ring (bicyclic) bond motifs is 11. The third kappa shape index (κ3) is 3.92. The predicted molar refractivity (Wildman–Crippen MR) is 201 cm³/mol. The molecule has 5 heteroatoms. The molecule has 1 fully saturated rings. The number of furan rings is 1. The van der Waals surface area contributed by atoms with Gasteiger partial charge in [0, 0.05) is 32.7 Å². The number of rotatable bonds is 3. The van der Waals surface area contributed by atoms with E-state index in [4.69, 9.17) is 19.4 Å². The van der Waals surface area contributed by atoms with Crippen LogP contribution in [0.2, 0.25) is 0 Å². The number of nitrogens with zero attached hydrogens (tertiary/aromatic N) is 4. The molecule has 50 heavy (non-hydrogen) atoms. The Hall–Kier alpha value is -5.81. The molecular weight excluding hydrogens is 613 g/mol. The summed E-state index contributed by atoms with van der Waals surface area (Å²) >= 11 is 0. The summed E-state index contributed by atoms with van der Waals surface area (Å²) in [6.07, 6.45) is 12.5. The number of para-hydroxylation sites is 2. The Balaban J connectivity index is 1.21. The van der Waals surface area contributed by atoms with Gasteiger partial charge >= 0.3 is 0 Å². The Bertz CT molecular complexity index is 2690. The van der Waals surface area contributed by atoms with Crippen molar-refractivity contribution in [3.8, 4) is 39.9 Å². The molecule has 0 unspecified atom stereocenters. The molecule has 0 aliphatic heterocycles. The summed E-state index contributed by atoms with van der Waals surface area (Å²) in [5, 5.41) is 3.55. The zero-order valence-corrected chi connectivity index (χ0v) is 27.7.